The van der Waals surface area contributed by atoms with Gasteiger partial charge < -0.3 is 10.1 Å². The maximum Gasteiger partial charge on any atom is 0.221 e. The summed E-state index contributed by atoms with van der Waals surface area (Å²) in [5, 5.41) is 2.61. The number of hydrogen-bond acceptors (Lipinski definition) is 5. The molecule has 1 N–H and O–H groups in total. The summed E-state index contributed by atoms with van der Waals surface area (Å²) in [5.41, 5.74) is 1.26. The highest BCUT2D eigenvalue weighted by Crippen LogP contribution is 2.25. The van der Waals surface area contributed by atoms with Gasteiger partial charge in [0.25, 0.3) is 0 Å². The molecule has 1 aromatic rings. The van der Waals surface area contributed by atoms with Gasteiger partial charge >= 0.3 is 0 Å². The first-order valence-corrected chi connectivity index (χ1v) is 11.6. The number of carbonyl (C=O) groups excluding carboxylic acids is 1. The molecule has 150 valence electrons. The fourth-order valence-electron chi connectivity index (χ4n) is 3.85. The van der Waals surface area contributed by atoms with Crippen molar-refractivity contribution in [1.29, 1.82) is 0 Å². The van der Waals surface area contributed by atoms with Gasteiger partial charge in [-0.25, -0.2) is 8.42 Å². The number of hydrogen-bond donors (Lipinski definition) is 1. The van der Waals surface area contributed by atoms with Gasteiger partial charge in [0.15, 0.2) is 9.84 Å². The zero-order valence-electron chi connectivity index (χ0n) is 15.8. The van der Waals surface area contributed by atoms with Gasteiger partial charge in [-0.2, -0.15) is 0 Å². The standard InChI is InChI=1S/C20H30N2O4S/c23-20(10-13-27(24,25)19-8-4-5-9-19)21-14-18-16-22(11-12-26-18)15-17-6-2-1-3-7-17/h1-3,6-7,18-19H,4-5,8-16H2,(H,21,23)/t18-/m0/s1. The number of morpholine rings is 1. The lowest BCUT2D eigenvalue weighted by atomic mass is 10.2. The van der Waals surface area contributed by atoms with E-state index in [0.717, 1.165) is 45.3 Å². The van der Waals surface area contributed by atoms with E-state index in [1.807, 2.05) is 18.2 Å². The summed E-state index contributed by atoms with van der Waals surface area (Å²) < 4.78 is 30.2. The third-order valence-corrected chi connectivity index (χ3v) is 7.68. The zero-order chi connectivity index (χ0) is 19.1. The van der Waals surface area contributed by atoms with Crippen LogP contribution in [0.1, 0.15) is 37.7 Å². The highest BCUT2D eigenvalue weighted by atomic mass is 32.2. The maximum atomic E-state index is 12.2. The fourth-order valence-corrected chi connectivity index (χ4v) is 5.71. The van der Waals surface area contributed by atoms with Crippen LogP contribution in [0.2, 0.25) is 0 Å². The molecule has 1 amide bonds. The van der Waals surface area contributed by atoms with Gasteiger partial charge in [0.05, 0.1) is 23.7 Å². The monoisotopic (exact) mass is 394 g/mol. The summed E-state index contributed by atoms with van der Waals surface area (Å²) >= 11 is 0. The van der Waals surface area contributed by atoms with Crippen LogP contribution in [-0.4, -0.2) is 62.6 Å². The number of ether oxygens (including phenoxy) is 1. The fraction of sp³-hybridized carbons (Fsp3) is 0.650. The lowest BCUT2D eigenvalue weighted by Gasteiger charge is -2.33. The van der Waals surface area contributed by atoms with E-state index in [9.17, 15) is 13.2 Å². The van der Waals surface area contributed by atoms with Crippen LogP contribution in [0.15, 0.2) is 30.3 Å². The maximum absolute atomic E-state index is 12.2. The Bertz CT molecular complexity index is 702. The molecule has 6 nitrogen and oxygen atoms in total. The van der Waals surface area contributed by atoms with E-state index >= 15 is 0 Å². The van der Waals surface area contributed by atoms with Crippen LogP contribution in [-0.2, 0) is 25.9 Å². The number of nitrogens with zero attached hydrogens (tertiary/aromatic N) is 1. The Labute approximate surface area is 162 Å². The summed E-state index contributed by atoms with van der Waals surface area (Å²) in [6.07, 6.45) is 3.44. The summed E-state index contributed by atoms with van der Waals surface area (Å²) in [6.45, 7) is 3.57. The highest BCUT2D eigenvalue weighted by molar-refractivity contribution is 7.92. The van der Waals surface area contributed by atoms with Crippen LogP contribution in [0.4, 0.5) is 0 Å². The molecular formula is C20H30N2O4S. The van der Waals surface area contributed by atoms with Crippen LogP contribution in [0.3, 0.4) is 0 Å². The first kappa shape index (κ1) is 20.3. The Hall–Kier alpha value is -1.44. The summed E-state index contributed by atoms with van der Waals surface area (Å²) in [5.74, 6) is -0.254. The second-order valence-corrected chi connectivity index (χ2v) is 9.94. The van der Waals surface area contributed by atoms with E-state index in [-0.39, 0.29) is 29.4 Å². The molecule has 1 heterocycles. The molecule has 1 aliphatic carbocycles. The van der Waals surface area contributed by atoms with Crippen LogP contribution in [0, 0.1) is 0 Å². The first-order chi connectivity index (χ1) is 13.0. The Morgan fingerprint density at radius 2 is 1.93 bits per heavy atom. The van der Waals surface area contributed by atoms with Crippen molar-refractivity contribution in [1.82, 2.24) is 10.2 Å². The molecule has 7 heteroatoms. The minimum atomic E-state index is -3.14. The highest BCUT2D eigenvalue weighted by Gasteiger charge is 2.29. The number of amides is 1. The van der Waals surface area contributed by atoms with Crippen LogP contribution in [0.25, 0.3) is 0 Å². The van der Waals surface area contributed by atoms with Crippen LogP contribution < -0.4 is 5.32 Å². The molecule has 1 saturated heterocycles. The zero-order valence-corrected chi connectivity index (χ0v) is 16.6. The van der Waals surface area contributed by atoms with E-state index < -0.39 is 9.84 Å². The van der Waals surface area contributed by atoms with Gasteiger partial charge in [-0.3, -0.25) is 9.69 Å². The predicted molar refractivity (Wildman–Crippen MR) is 105 cm³/mol. The van der Waals surface area contributed by atoms with Gasteiger partial charge in [-0.05, 0) is 18.4 Å². The summed E-state index contributed by atoms with van der Waals surface area (Å²) in [4.78, 5) is 14.4. The summed E-state index contributed by atoms with van der Waals surface area (Å²) in [6, 6.07) is 10.3. The van der Waals surface area contributed by atoms with Crippen molar-refractivity contribution >= 4 is 15.7 Å². The van der Waals surface area contributed by atoms with E-state index in [2.05, 4.69) is 22.3 Å². The molecule has 0 bridgehead atoms. The van der Waals surface area contributed by atoms with Gasteiger partial charge in [0.2, 0.25) is 5.91 Å². The van der Waals surface area contributed by atoms with E-state index in [1.54, 1.807) is 0 Å². The molecule has 2 fully saturated rings. The average molecular weight is 395 g/mol. The predicted octanol–water partition coefficient (Wildman–Crippen LogP) is 1.75. The SMILES string of the molecule is O=C(CCS(=O)(=O)C1CCCC1)NC[C@H]1CN(Cc2ccccc2)CCO1. The van der Waals surface area contributed by atoms with Crippen molar-refractivity contribution in [3.63, 3.8) is 0 Å². The third kappa shape index (κ3) is 6.30. The first-order valence-electron chi connectivity index (χ1n) is 9.89. The molecule has 0 aromatic heterocycles. The molecule has 1 aromatic carbocycles. The van der Waals surface area contributed by atoms with Gasteiger partial charge in [-0.15, -0.1) is 0 Å². The minimum absolute atomic E-state index is 0.0410. The number of carbonyl (C=O) groups is 1. The quantitative estimate of drug-likeness (QED) is 0.727. The molecule has 0 radical (unpaired) electrons. The van der Waals surface area contributed by atoms with Gasteiger partial charge in [-0.1, -0.05) is 43.2 Å². The number of rotatable bonds is 8. The smallest absolute Gasteiger partial charge is 0.221 e. The molecule has 0 unspecified atom stereocenters. The number of benzene rings is 1. The largest absolute Gasteiger partial charge is 0.374 e. The van der Waals surface area contributed by atoms with Crippen LogP contribution in [0.5, 0.6) is 0 Å². The van der Waals surface area contributed by atoms with Gasteiger partial charge in [0.1, 0.15) is 0 Å². The van der Waals surface area contributed by atoms with E-state index in [1.165, 1.54) is 5.56 Å². The van der Waals surface area contributed by atoms with E-state index in [4.69, 9.17) is 4.74 Å². The Morgan fingerprint density at radius 3 is 2.67 bits per heavy atom. The van der Waals surface area contributed by atoms with Crippen molar-refractivity contribution in [2.45, 2.75) is 50.0 Å². The number of nitrogens with one attached hydrogen (secondary N) is 1. The average Bonchev–Trinajstić information content (AvgIpc) is 3.22. The lowest BCUT2D eigenvalue weighted by molar-refractivity contribution is -0.122. The molecule has 0 spiro atoms. The Morgan fingerprint density at radius 1 is 1.19 bits per heavy atom. The Kier molecular flexibility index (Phi) is 7.26. The molecule has 3 rings (SSSR count). The molecular weight excluding hydrogens is 364 g/mol. The van der Waals surface area contributed by atoms with Crippen molar-refractivity contribution in [3.8, 4) is 0 Å². The number of sulfone groups is 1. The van der Waals surface area contributed by atoms with E-state index in [0.29, 0.717) is 13.2 Å². The van der Waals surface area contributed by atoms with Crippen LogP contribution >= 0.6 is 0 Å². The normalized spacial score (nSPS) is 22.0. The molecule has 1 saturated carbocycles. The molecule has 1 atom stereocenters. The van der Waals surface area contributed by atoms with Crippen molar-refractivity contribution in [2.24, 2.45) is 0 Å². The minimum Gasteiger partial charge on any atom is -0.374 e. The second-order valence-electron chi connectivity index (χ2n) is 7.54. The van der Waals surface area contributed by atoms with Crippen molar-refractivity contribution in [2.75, 3.05) is 32.0 Å². The summed E-state index contributed by atoms with van der Waals surface area (Å²) in [7, 11) is -3.14. The topological polar surface area (TPSA) is 75.7 Å². The van der Waals surface area contributed by atoms with Crippen molar-refractivity contribution < 1.29 is 17.9 Å². The second kappa shape index (κ2) is 9.66. The molecule has 2 aliphatic rings. The Balaban J connectivity index is 1.38. The molecule has 1 aliphatic heterocycles. The van der Waals surface area contributed by atoms with Gasteiger partial charge in [0, 0.05) is 32.6 Å². The third-order valence-electron chi connectivity index (χ3n) is 5.42. The van der Waals surface area contributed by atoms with Crippen molar-refractivity contribution in [3.05, 3.63) is 35.9 Å². The molecule has 27 heavy (non-hydrogen) atoms. The lowest BCUT2D eigenvalue weighted by Crippen LogP contribution is -2.47.